The molecular formula is C18H23N3O3S. The van der Waals surface area contributed by atoms with E-state index in [2.05, 4.69) is 10.3 Å². The fraction of sp³-hybridized carbons (Fsp3) is 0.389. The van der Waals surface area contributed by atoms with Gasteiger partial charge in [-0.1, -0.05) is 11.8 Å². The van der Waals surface area contributed by atoms with Crippen molar-refractivity contribution in [1.82, 2.24) is 9.88 Å². The number of carbonyl (C=O) groups is 2. The first-order chi connectivity index (χ1) is 11.9. The number of nitrogens with zero attached hydrogens (tertiary/aromatic N) is 2. The molecule has 1 heterocycles. The second-order valence-corrected chi connectivity index (χ2v) is 6.44. The Morgan fingerprint density at radius 3 is 2.32 bits per heavy atom. The third kappa shape index (κ3) is 5.09. The van der Waals surface area contributed by atoms with Gasteiger partial charge in [-0.15, -0.1) is 0 Å². The summed E-state index contributed by atoms with van der Waals surface area (Å²) in [7, 11) is 0. The van der Waals surface area contributed by atoms with Gasteiger partial charge in [0.25, 0.3) is 11.1 Å². The van der Waals surface area contributed by atoms with E-state index >= 15 is 0 Å². The monoisotopic (exact) mass is 361 g/mol. The number of benzene rings is 1. The lowest BCUT2D eigenvalue weighted by atomic mass is 10.2. The molecule has 0 saturated carbocycles. The zero-order chi connectivity index (χ0) is 18.4. The summed E-state index contributed by atoms with van der Waals surface area (Å²) < 4.78 is 5.43. The molecule has 2 aromatic rings. The number of amides is 2. The summed E-state index contributed by atoms with van der Waals surface area (Å²) in [6, 6.07) is 6.92. The SMILES string of the molecule is CCN(CC)C(=O)c1ccc(NC(=O)CSc2nc(C)c(C)o2)cc1. The lowest BCUT2D eigenvalue weighted by Crippen LogP contribution is -2.30. The van der Waals surface area contributed by atoms with Crippen molar-refractivity contribution in [1.29, 1.82) is 0 Å². The largest absolute Gasteiger partial charge is 0.437 e. The molecule has 0 unspecified atom stereocenters. The second-order valence-electron chi connectivity index (χ2n) is 5.51. The lowest BCUT2D eigenvalue weighted by molar-refractivity contribution is -0.113. The van der Waals surface area contributed by atoms with Gasteiger partial charge in [0.2, 0.25) is 5.91 Å². The molecule has 0 bridgehead atoms. The fourth-order valence-corrected chi connectivity index (χ4v) is 2.93. The van der Waals surface area contributed by atoms with Crippen LogP contribution in [0.5, 0.6) is 0 Å². The summed E-state index contributed by atoms with van der Waals surface area (Å²) in [5.74, 6) is 0.810. The van der Waals surface area contributed by atoms with E-state index in [9.17, 15) is 9.59 Å². The predicted octanol–water partition coefficient (Wildman–Crippen LogP) is 3.50. The first kappa shape index (κ1) is 19.1. The first-order valence-electron chi connectivity index (χ1n) is 8.20. The second kappa shape index (κ2) is 8.71. The van der Waals surface area contributed by atoms with Crippen molar-refractivity contribution in [2.45, 2.75) is 32.9 Å². The van der Waals surface area contributed by atoms with E-state index < -0.39 is 0 Å². The molecule has 134 valence electrons. The van der Waals surface area contributed by atoms with Crippen LogP contribution in [0.1, 0.15) is 35.7 Å². The Labute approximate surface area is 152 Å². The molecule has 0 fully saturated rings. The standard InChI is InChI=1S/C18H23N3O3S/c1-5-21(6-2)17(23)14-7-9-15(10-8-14)20-16(22)11-25-18-19-12(3)13(4)24-18/h7-10H,5-6,11H2,1-4H3,(H,20,22). The van der Waals surface area contributed by atoms with Crippen LogP contribution in [-0.2, 0) is 4.79 Å². The number of aromatic nitrogens is 1. The number of nitrogens with one attached hydrogen (secondary N) is 1. The van der Waals surface area contributed by atoms with E-state index in [4.69, 9.17) is 4.42 Å². The van der Waals surface area contributed by atoms with Crippen LogP contribution >= 0.6 is 11.8 Å². The zero-order valence-corrected chi connectivity index (χ0v) is 15.8. The van der Waals surface area contributed by atoms with Gasteiger partial charge < -0.3 is 14.6 Å². The highest BCUT2D eigenvalue weighted by Crippen LogP contribution is 2.20. The Morgan fingerprint density at radius 1 is 1.16 bits per heavy atom. The van der Waals surface area contributed by atoms with Gasteiger partial charge in [0.05, 0.1) is 11.4 Å². The van der Waals surface area contributed by atoms with Crippen LogP contribution in [0.3, 0.4) is 0 Å². The number of oxazole rings is 1. The van der Waals surface area contributed by atoms with E-state index in [0.29, 0.717) is 29.6 Å². The number of aryl methyl sites for hydroxylation is 2. The maximum absolute atomic E-state index is 12.2. The molecule has 0 aliphatic carbocycles. The van der Waals surface area contributed by atoms with Gasteiger partial charge in [-0.2, -0.15) is 0 Å². The van der Waals surface area contributed by atoms with Crippen molar-refractivity contribution in [2.75, 3.05) is 24.2 Å². The average Bonchev–Trinajstić information content (AvgIpc) is 2.93. The van der Waals surface area contributed by atoms with E-state index in [1.54, 1.807) is 29.2 Å². The van der Waals surface area contributed by atoms with Crippen molar-refractivity contribution in [3.05, 3.63) is 41.3 Å². The van der Waals surface area contributed by atoms with Crippen LogP contribution in [0.25, 0.3) is 0 Å². The fourth-order valence-electron chi connectivity index (χ4n) is 2.22. The lowest BCUT2D eigenvalue weighted by Gasteiger charge is -2.18. The Kier molecular flexibility index (Phi) is 6.64. The van der Waals surface area contributed by atoms with Gasteiger partial charge in [0, 0.05) is 24.3 Å². The van der Waals surface area contributed by atoms with Gasteiger partial charge >= 0.3 is 0 Å². The smallest absolute Gasteiger partial charge is 0.256 e. The molecule has 1 N–H and O–H groups in total. The summed E-state index contributed by atoms with van der Waals surface area (Å²) in [4.78, 5) is 30.2. The van der Waals surface area contributed by atoms with Crippen LogP contribution in [0.4, 0.5) is 5.69 Å². The van der Waals surface area contributed by atoms with Crippen molar-refractivity contribution in [3.63, 3.8) is 0 Å². The van der Waals surface area contributed by atoms with E-state index in [0.717, 1.165) is 11.5 Å². The summed E-state index contributed by atoms with van der Waals surface area (Å²) in [6.07, 6.45) is 0. The molecule has 0 aliphatic heterocycles. The van der Waals surface area contributed by atoms with Gasteiger partial charge in [0.15, 0.2) is 0 Å². The molecule has 2 rings (SSSR count). The van der Waals surface area contributed by atoms with Gasteiger partial charge in [-0.3, -0.25) is 9.59 Å². The topological polar surface area (TPSA) is 75.4 Å². The number of carbonyl (C=O) groups excluding carboxylic acids is 2. The highest BCUT2D eigenvalue weighted by molar-refractivity contribution is 7.99. The van der Waals surface area contributed by atoms with Crippen molar-refractivity contribution >= 4 is 29.3 Å². The third-order valence-electron chi connectivity index (χ3n) is 3.80. The summed E-state index contributed by atoms with van der Waals surface area (Å²) in [5, 5.41) is 3.29. The maximum atomic E-state index is 12.2. The van der Waals surface area contributed by atoms with Crippen molar-refractivity contribution in [2.24, 2.45) is 0 Å². The molecule has 0 saturated heterocycles. The minimum absolute atomic E-state index is 0.00642. The molecule has 0 atom stereocenters. The van der Waals surface area contributed by atoms with Crippen LogP contribution in [0, 0.1) is 13.8 Å². The van der Waals surface area contributed by atoms with Gasteiger partial charge in [-0.25, -0.2) is 4.98 Å². The number of hydrogen-bond acceptors (Lipinski definition) is 5. The first-order valence-corrected chi connectivity index (χ1v) is 9.19. The van der Waals surface area contributed by atoms with Crippen LogP contribution in [0.2, 0.25) is 0 Å². The molecule has 1 aromatic carbocycles. The van der Waals surface area contributed by atoms with Crippen molar-refractivity contribution in [3.8, 4) is 0 Å². The van der Waals surface area contributed by atoms with Gasteiger partial charge in [0.1, 0.15) is 5.76 Å². The normalized spacial score (nSPS) is 10.6. The van der Waals surface area contributed by atoms with E-state index in [-0.39, 0.29) is 17.6 Å². The minimum atomic E-state index is -0.152. The quantitative estimate of drug-likeness (QED) is 0.764. The van der Waals surface area contributed by atoms with Crippen molar-refractivity contribution < 1.29 is 14.0 Å². The van der Waals surface area contributed by atoms with Crippen LogP contribution in [0.15, 0.2) is 33.9 Å². The third-order valence-corrected chi connectivity index (χ3v) is 4.63. The van der Waals surface area contributed by atoms with Crippen LogP contribution in [-0.4, -0.2) is 40.5 Å². The van der Waals surface area contributed by atoms with E-state index in [1.807, 2.05) is 27.7 Å². The molecular weight excluding hydrogens is 338 g/mol. The molecule has 7 heteroatoms. The molecule has 2 amide bonds. The highest BCUT2D eigenvalue weighted by Gasteiger charge is 2.13. The Balaban J connectivity index is 1.89. The number of hydrogen-bond donors (Lipinski definition) is 1. The molecule has 6 nitrogen and oxygen atoms in total. The zero-order valence-electron chi connectivity index (χ0n) is 15.0. The molecule has 0 aliphatic rings. The highest BCUT2D eigenvalue weighted by atomic mass is 32.2. The number of anilines is 1. The minimum Gasteiger partial charge on any atom is -0.437 e. The van der Waals surface area contributed by atoms with Gasteiger partial charge in [-0.05, 0) is 52.0 Å². The summed E-state index contributed by atoms with van der Waals surface area (Å²) >= 11 is 1.25. The Bertz CT molecular complexity index is 717. The molecule has 25 heavy (non-hydrogen) atoms. The number of rotatable bonds is 7. The molecule has 0 spiro atoms. The summed E-state index contributed by atoms with van der Waals surface area (Å²) in [6.45, 7) is 8.95. The predicted molar refractivity (Wildman–Crippen MR) is 99.0 cm³/mol. The molecule has 0 radical (unpaired) electrons. The van der Waals surface area contributed by atoms with E-state index in [1.165, 1.54) is 11.8 Å². The maximum Gasteiger partial charge on any atom is 0.256 e. The average molecular weight is 361 g/mol. The summed E-state index contributed by atoms with van der Waals surface area (Å²) in [5.41, 5.74) is 2.10. The number of thioether (sulfide) groups is 1. The van der Waals surface area contributed by atoms with Crippen LogP contribution < -0.4 is 5.32 Å². The molecule has 1 aromatic heterocycles. The Hall–Kier alpha value is -2.28. The Morgan fingerprint density at radius 2 is 1.80 bits per heavy atom.